The maximum Gasteiger partial charge on any atom is 0.139 e. The van der Waals surface area contributed by atoms with Gasteiger partial charge in [0.25, 0.3) is 0 Å². The lowest BCUT2D eigenvalue weighted by molar-refractivity contribution is 0.660. The number of rotatable bonds is 5. The molecular weight excluding hydrogens is 745 g/mol. The molecule has 0 N–H and O–H groups in total. The Morgan fingerprint density at radius 3 is 1.54 bits per heavy atom. The van der Waals surface area contributed by atoms with Gasteiger partial charge in [0.2, 0.25) is 0 Å². The summed E-state index contributed by atoms with van der Waals surface area (Å²) in [6.07, 6.45) is 0. The number of hydrogen-bond donors (Lipinski definition) is 0. The first-order chi connectivity index (χ1) is 29.7. The highest BCUT2D eigenvalue weighted by atomic mass is 15.1. The van der Waals surface area contributed by atoms with E-state index in [1.807, 2.05) is 0 Å². The molecule has 15 heteroatoms. The standard InChI is InChI=1S/C48H49B13N2/c1-46(2)27-8-4-3-7-25(27)26-16-14-23(19-28(26)46)32-35-33(37(49)41(53)43(55)39(35)51)31(34-36(32)40(52)44(56)42(54)38(34)50)22-12-11-21-18-24(15-13-20(21)17-22)63-30-10-6-5-9-29(30)62-45(63)47(57,58)48(59,60)61/h3-19H,49-61H2,1-2H3. The first-order valence-corrected chi connectivity index (χ1v) is 23.0. The van der Waals surface area contributed by atoms with E-state index in [1.165, 1.54) is 121 Å². The molecule has 8 aromatic carbocycles. The van der Waals surface area contributed by atoms with E-state index in [0.29, 0.717) is 0 Å². The predicted octanol–water partition coefficient (Wildman–Crippen LogP) is -6.42. The summed E-state index contributed by atoms with van der Waals surface area (Å²) < 4.78 is 2.40. The van der Waals surface area contributed by atoms with E-state index in [2.05, 4.69) is 224 Å². The number of nitrogens with zero attached hydrogens (tertiary/aromatic N) is 2. The van der Waals surface area contributed by atoms with Gasteiger partial charge in [-0.15, -0.1) is 27.0 Å². The SMILES string of the molecule is Bc1c(B)c(B)c2c(-c3ccc4cc(-n5c(C(B)(B)C(B)(B)B)nc6ccccc65)ccc4c3)c3c(B)c(B)c(B)c(B)c3c(-c3ccc4c(c3)C(C)(C)c3ccccc3-4)c2c1B. The van der Waals surface area contributed by atoms with Crippen LogP contribution in [0, 0.1) is 0 Å². The van der Waals surface area contributed by atoms with Gasteiger partial charge >= 0.3 is 0 Å². The maximum atomic E-state index is 5.30. The highest BCUT2D eigenvalue weighted by Crippen LogP contribution is 2.51. The van der Waals surface area contributed by atoms with Crippen LogP contribution < -0.4 is 43.7 Å². The zero-order chi connectivity index (χ0) is 44.8. The quantitative estimate of drug-likeness (QED) is 0.126. The molecular formula is C48H49B13N2. The number of aromatic nitrogens is 2. The summed E-state index contributed by atoms with van der Waals surface area (Å²) in [5, 5.41) is 7.80. The molecule has 0 saturated carbocycles. The second-order valence-corrected chi connectivity index (χ2v) is 21.1. The molecule has 63 heavy (non-hydrogen) atoms. The number of fused-ring (bicyclic) bond motifs is 7. The Kier molecular flexibility index (Phi) is 9.42. The molecule has 0 amide bonds. The summed E-state index contributed by atoms with van der Waals surface area (Å²) in [4.78, 5) is 5.30. The Labute approximate surface area is 385 Å². The molecule has 0 fully saturated rings. The van der Waals surface area contributed by atoms with Crippen LogP contribution in [0.5, 0.6) is 0 Å². The Bertz CT molecular complexity index is 3410. The van der Waals surface area contributed by atoms with Gasteiger partial charge in [-0.05, 0) is 118 Å². The second-order valence-electron chi connectivity index (χ2n) is 21.1. The minimum Gasteiger partial charge on any atom is -0.297 e. The van der Waals surface area contributed by atoms with Gasteiger partial charge in [0, 0.05) is 11.1 Å². The Hall–Kier alpha value is -5.15. The van der Waals surface area contributed by atoms with E-state index in [9.17, 15) is 0 Å². The highest BCUT2D eigenvalue weighted by molar-refractivity contribution is 6.71. The van der Waals surface area contributed by atoms with E-state index in [-0.39, 0.29) is 15.7 Å². The molecule has 0 bridgehead atoms. The fraction of sp³-hybridized carbons (Fsp3) is 0.104. The molecule has 2 nitrogen and oxygen atoms in total. The Morgan fingerprint density at radius 1 is 0.476 bits per heavy atom. The monoisotopic (exact) mass is 797 g/mol. The topological polar surface area (TPSA) is 17.8 Å². The van der Waals surface area contributed by atoms with E-state index in [4.69, 9.17) is 4.98 Å². The largest absolute Gasteiger partial charge is 0.297 e. The average Bonchev–Trinajstić information content (AvgIpc) is 3.77. The predicted molar refractivity (Wildman–Crippen MR) is 315 cm³/mol. The number of imidazole rings is 1. The van der Waals surface area contributed by atoms with Crippen molar-refractivity contribution in [1.29, 1.82) is 0 Å². The Balaban J connectivity index is 1.27. The molecule has 0 radical (unpaired) electrons. The summed E-state index contributed by atoms with van der Waals surface area (Å²) in [7, 11) is 30.4. The van der Waals surface area contributed by atoms with Crippen molar-refractivity contribution < 1.29 is 0 Å². The molecule has 0 saturated heterocycles. The van der Waals surface area contributed by atoms with Crippen LogP contribution in [0.2, 0.25) is 5.11 Å². The molecule has 10 rings (SSSR count). The average molecular weight is 794 g/mol. The van der Waals surface area contributed by atoms with Crippen LogP contribution in [-0.2, 0) is 10.6 Å². The minimum atomic E-state index is -0.181. The van der Waals surface area contributed by atoms with Gasteiger partial charge in [-0.25, -0.2) is 4.98 Å². The van der Waals surface area contributed by atoms with Crippen molar-refractivity contribution in [3.05, 3.63) is 120 Å². The lowest BCUT2D eigenvalue weighted by Crippen LogP contribution is -2.50. The van der Waals surface area contributed by atoms with Crippen LogP contribution in [0.25, 0.3) is 82.4 Å². The van der Waals surface area contributed by atoms with Crippen LogP contribution in [0.1, 0.15) is 30.8 Å². The minimum absolute atomic E-state index is 0.00270. The zero-order valence-electron chi connectivity index (χ0n) is 40.2. The fourth-order valence-electron chi connectivity index (χ4n) is 11.1. The van der Waals surface area contributed by atoms with Gasteiger partial charge in [-0.2, -0.15) is 0 Å². The van der Waals surface area contributed by atoms with Gasteiger partial charge in [-0.3, -0.25) is 4.57 Å². The van der Waals surface area contributed by atoms with E-state index >= 15 is 0 Å². The molecule has 9 aromatic rings. The molecule has 1 heterocycles. The van der Waals surface area contributed by atoms with Crippen molar-refractivity contribution in [2.75, 3.05) is 0 Å². The number of benzene rings is 8. The van der Waals surface area contributed by atoms with Gasteiger partial charge in [0.15, 0.2) is 0 Å². The molecule has 290 valence electrons. The van der Waals surface area contributed by atoms with Crippen molar-refractivity contribution >= 4 is 189 Å². The van der Waals surface area contributed by atoms with Crippen molar-refractivity contribution in [2.24, 2.45) is 0 Å². The van der Waals surface area contributed by atoms with Crippen molar-refractivity contribution in [3.8, 4) is 39.1 Å². The molecule has 0 unspecified atom stereocenters. The fourth-order valence-corrected chi connectivity index (χ4v) is 11.1. The van der Waals surface area contributed by atoms with Gasteiger partial charge in [-0.1, -0.05) is 102 Å². The van der Waals surface area contributed by atoms with Crippen LogP contribution >= 0.6 is 0 Å². The number of para-hydroxylation sites is 2. The van der Waals surface area contributed by atoms with E-state index < -0.39 is 0 Å². The van der Waals surface area contributed by atoms with Crippen LogP contribution in [0.4, 0.5) is 0 Å². The van der Waals surface area contributed by atoms with Gasteiger partial charge in [0.05, 0.1) is 34.6 Å². The lowest BCUT2D eigenvalue weighted by atomic mass is 9.23. The zero-order valence-corrected chi connectivity index (χ0v) is 40.2. The second kappa shape index (κ2) is 14.2. The molecule has 0 aliphatic heterocycles. The molecule has 0 atom stereocenters. The normalized spacial score (nSPS) is 13.6. The van der Waals surface area contributed by atoms with Crippen molar-refractivity contribution in [3.63, 3.8) is 0 Å². The van der Waals surface area contributed by atoms with Gasteiger partial charge in [0.1, 0.15) is 84.3 Å². The summed E-state index contributed by atoms with van der Waals surface area (Å²) >= 11 is 0. The molecule has 0 spiro atoms. The summed E-state index contributed by atoms with van der Waals surface area (Å²) in [5.74, 6) is 1.09. The highest BCUT2D eigenvalue weighted by Gasteiger charge is 2.39. The third-order valence-corrected chi connectivity index (χ3v) is 16.6. The molecule has 1 aliphatic rings. The smallest absolute Gasteiger partial charge is 0.139 e. The third-order valence-electron chi connectivity index (χ3n) is 16.6. The summed E-state index contributed by atoms with van der Waals surface area (Å²) in [5.41, 5.74) is 25.1. The van der Waals surface area contributed by atoms with E-state index in [1.54, 1.807) is 0 Å². The molecule has 1 aliphatic carbocycles. The maximum absolute atomic E-state index is 5.30. The van der Waals surface area contributed by atoms with Crippen LogP contribution in [0.3, 0.4) is 0 Å². The van der Waals surface area contributed by atoms with E-state index in [0.717, 1.165) is 22.5 Å². The van der Waals surface area contributed by atoms with Crippen molar-refractivity contribution in [1.82, 2.24) is 9.55 Å². The summed E-state index contributed by atoms with van der Waals surface area (Å²) in [6.45, 7) is 4.80. The first-order valence-electron chi connectivity index (χ1n) is 23.0. The third kappa shape index (κ3) is 5.86. The van der Waals surface area contributed by atoms with Crippen LogP contribution in [-0.4, -0.2) is 112 Å². The van der Waals surface area contributed by atoms with Crippen molar-refractivity contribution in [2.45, 2.75) is 29.6 Å². The lowest BCUT2D eigenvalue weighted by Gasteiger charge is -2.39. The first kappa shape index (κ1) is 41.8. The summed E-state index contributed by atoms with van der Waals surface area (Å²) in [6, 6.07) is 39.2. The molecule has 1 aromatic heterocycles. The number of hydrogen-bond acceptors (Lipinski definition) is 1. The van der Waals surface area contributed by atoms with Crippen LogP contribution in [0.15, 0.2) is 103 Å². The Morgan fingerprint density at radius 2 is 0.952 bits per heavy atom. The van der Waals surface area contributed by atoms with Gasteiger partial charge < -0.3 is 0 Å².